The molecule has 0 aliphatic carbocycles. The fraction of sp³-hybridized carbons (Fsp3) is 0.929. The molecule has 0 saturated carbocycles. The molecule has 4 heteroatoms. The summed E-state index contributed by atoms with van der Waals surface area (Å²) >= 11 is 0. The first-order chi connectivity index (χ1) is 8.27. The van der Waals surface area contributed by atoms with E-state index in [1.165, 1.54) is 0 Å². The molecule has 0 aromatic carbocycles. The van der Waals surface area contributed by atoms with E-state index in [0.29, 0.717) is 6.04 Å². The third kappa shape index (κ3) is 3.69. The second-order valence-corrected chi connectivity index (χ2v) is 6.46. The predicted molar refractivity (Wildman–Crippen MR) is 75.3 cm³/mol. The zero-order valence-electron chi connectivity index (χ0n) is 12.6. The van der Waals surface area contributed by atoms with E-state index in [9.17, 15) is 4.79 Å². The molecule has 1 atom stereocenters. The van der Waals surface area contributed by atoms with Crippen molar-refractivity contribution in [3.8, 4) is 0 Å². The average molecular weight is 255 g/mol. The Kier molecular flexibility index (Phi) is 5.17. The predicted octanol–water partition coefficient (Wildman–Crippen LogP) is 1.30. The van der Waals surface area contributed by atoms with Gasteiger partial charge in [-0.3, -0.25) is 4.79 Å². The number of nitrogens with two attached hydrogens (primary N) is 1. The van der Waals surface area contributed by atoms with Crippen molar-refractivity contribution in [1.82, 2.24) is 9.80 Å². The smallest absolute Gasteiger partial charge is 0.240 e. The van der Waals surface area contributed by atoms with Crippen molar-refractivity contribution in [2.24, 2.45) is 11.1 Å². The van der Waals surface area contributed by atoms with Crippen molar-refractivity contribution in [2.45, 2.75) is 52.6 Å². The summed E-state index contributed by atoms with van der Waals surface area (Å²) in [6, 6.07) is -0.0552. The molecule has 0 bridgehead atoms. The van der Waals surface area contributed by atoms with Gasteiger partial charge < -0.3 is 15.5 Å². The largest absolute Gasteiger partial charge is 0.341 e. The number of piperidine rings is 1. The topological polar surface area (TPSA) is 49.6 Å². The maximum atomic E-state index is 12.3. The molecule has 0 aromatic heterocycles. The van der Waals surface area contributed by atoms with Crippen LogP contribution >= 0.6 is 0 Å². The summed E-state index contributed by atoms with van der Waals surface area (Å²) in [5, 5.41) is 0. The van der Waals surface area contributed by atoms with E-state index in [-0.39, 0.29) is 11.3 Å². The molecule has 0 unspecified atom stereocenters. The molecular formula is C14H29N3O. The van der Waals surface area contributed by atoms with E-state index in [4.69, 9.17) is 5.73 Å². The van der Waals surface area contributed by atoms with Gasteiger partial charge in [-0.2, -0.15) is 0 Å². The number of likely N-dealkylation sites (tertiary alicyclic amines) is 1. The Bertz CT molecular complexity index is 277. The van der Waals surface area contributed by atoms with Gasteiger partial charge in [0, 0.05) is 26.2 Å². The van der Waals surface area contributed by atoms with Gasteiger partial charge in [0.15, 0.2) is 0 Å². The van der Waals surface area contributed by atoms with Gasteiger partial charge in [0.1, 0.15) is 0 Å². The second-order valence-electron chi connectivity index (χ2n) is 6.46. The third-order valence-electron chi connectivity index (χ3n) is 4.10. The van der Waals surface area contributed by atoms with Crippen molar-refractivity contribution in [3.63, 3.8) is 0 Å². The lowest BCUT2D eigenvalue weighted by Crippen LogP contribution is -2.54. The van der Waals surface area contributed by atoms with Crippen LogP contribution in [0.2, 0.25) is 0 Å². The quantitative estimate of drug-likeness (QED) is 0.827. The first-order valence-corrected chi connectivity index (χ1v) is 7.02. The third-order valence-corrected chi connectivity index (χ3v) is 4.10. The molecule has 1 saturated heterocycles. The highest BCUT2D eigenvalue weighted by atomic mass is 16.2. The normalized spacial score (nSPS) is 20.8. The minimum atomic E-state index is -0.410. The van der Waals surface area contributed by atoms with Gasteiger partial charge in [-0.25, -0.2) is 0 Å². The lowest BCUT2D eigenvalue weighted by Gasteiger charge is -2.39. The van der Waals surface area contributed by atoms with E-state index in [1.54, 1.807) is 0 Å². The maximum Gasteiger partial charge on any atom is 0.240 e. The highest BCUT2D eigenvalue weighted by Crippen LogP contribution is 2.22. The first kappa shape index (κ1) is 15.4. The minimum Gasteiger partial charge on any atom is -0.341 e. The number of hydrogen-bond acceptors (Lipinski definition) is 3. The Labute approximate surface area is 111 Å². The molecule has 4 nitrogen and oxygen atoms in total. The first-order valence-electron chi connectivity index (χ1n) is 7.02. The van der Waals surface area contributed by atoms with Gasteiger partial charge in [0.25, 0.3) is 0 Å². The summed E-state index contributed by atoms with van der Waals surface area (Å²) in [4.78, 5) is 16.6. The Morgan fingerprint density at radius 2 is 1.89 bits per heavy atom. The van der Waals surface area contributed by atoms with E-state index in [2.05, 4.69) is 11.8 Å². The number of amides is 1. The number of carbonyl (C=O) groups excluding carboxylic acids is 1. The molecule has 1 aliphatic rings. The lowest BCUT2D eigenvalue weighted by atomic mass is 9.86. The number of likely N-dealkylation sites (N-methyl/N-ethyl adjacent to an activating group) is 1. The number of hydrogen-bond donors (Lipinski definition) is 1. The number of rotatable bonds is 3. The molecule has 1 aliphatic heterocycles. The van der Waals surface area contributed by atoms with Crippen LogP contribution in [0, 0.1) is 5.41 Å². The molecule has 0 radical (unpaired) electrons. The summed E-state index contributed by atoms with van der Waals surface area (Å²) in [7, 11) is 1.90. The van der Waals surface area contributed by atoms with Gasteiger partial charge in [0.2, 0.25) is 5.91 Å². The molecule has 1 amide bonds. The lowest BCUT2D eigenvalue weighted by molar-refractivity contribution is -0.136. The molecule has 106 valence electrons. The van der Waals surface area contributed by atoms with Crippen LogP contribution in [-0.2, 0) is 4.79 Å². The molecule has 0 aromatic rings. The summed E-state index contributed by atoms with van der Waals surface area (Å²) in [5.41, 5.74) is 5.88. The van der Waals surface area contributed by atoms with E-state index < -0.39 is 6.04 Å². The average Bonchev–Trinajstić information content (AvgIpc) is 2.35. The van der Waals surface area contributed by atoms with Gasteiger partial charge >= 0.3 is 0 Å². The summed E-state index contributed by atoms with van der Waals surface area (Å²) in [5.74, 6) is 0.0810. The van der Waals surface area contributed by atoms with E-state index >= 15 is 0 Å². The van der Waals surface area contributed by atoms with Crippen LogP contribution in [0.3, 0.4) is 0 Å². The fourth-order valence-corrected chi connectivity index (χ4v) is 2.39. The zero-order valence-corrected chi connectivity index (χ0v) is 12.6. The molecular weight excluding hydrogens is 226 g/mol. The number of nitrogens with zero attached hydrogens (tertiary/aromatic N) is 2. The molecule has 18 heavy (non-hydrogen) atoms. The molecule has 2 N–H and O–H groups in total. The molecule has 1 fully saturated rings. The van der Waals surface area contributed by atoms with Crippen molar-refractivity contribution in [1.29, 1.82) is 0 Å². The van der Waals surface area contributed by atoms with Crippen LogP contribution in [0.15, 0.2) is 0 Å². The monoisotopic (exact) mass is 255 g/mol. The van der Waals surface area contributed by atoms with Crippen molar-refractivity contribution >= 4 is 5.91 Å². The van der Waals surface area contributed by atoms with Gasteiger partial charge in [-0.15, -0.1) is 0 Å². The zero-order chi connectivity index (χ0) is 13.9. The van der Waals surface area contributed by atoms with Crippen LogP contribution in [0.1, 0.15) is 40.5 Å². The van der Waals surface area contributed by atoms with E-state index in [1.807, 2.05) is 32.7 Å². The van der Waals surface area contributed by atoms with Crippen molar-refractivity contribution < 1.29 is 4.79 Å². The minimum absolute atomic E-state index is 0.0810. The molecule has 1 rings (SSSR count). The maximum absolute atomic E-state index is 12.3. The van der Waals surface area contributed by atoms with E-state index in [0.717, 1.165) is 32.5 Å². The van der Waals surface area contributed by atoms with Crippen LogP contribution in [0.25, 0.3) is 0 Å². The SMILES string of the molecule is CCN1CCC(N(C)C(=O)[C@@H](N)C(C)(C)C)CC1. The van der Waals surface area contributed by atoms with Crippen molar-refractivity contribution in [3.05, 3.63) is 0 Å². The van der Waals surface area contributed by atoms with Gasteiger partial charge in [-0.05, 0) is 24.8 Å². The molecule has 0 spiro atoms. The highest BCUT2D eigenvalue weighted by Gasteiger charge is 2.33. The summed E-state index contributed by atoms with van der Waals surface area (Å²) < 4.78 is 0. The molecule has 1 heterocycles. The standard InChI is InChI=1S/C14H29N3O/c1-6-17-9-7-11(8-10-17)16(5)13(18)12(15)14(2,3)4/h11-12H,6-10,15H2,1-5H3/t12-/m1/s1. The Balaban J connectivity index is 2.55. The van der Waals surface area contributed by atoms with Gasteiger partial charge in [-0.1, -0.05) is 27.7 Å². The Morgan fingerprint density at radius 1 is 1.39 bits per heavy atom. The Morgan fingerprint density at radius 3 is 2.28 bits per heavy atom. The second kappa shape index (κ2) is 6.02. The summed E-state index contributed by atoms with van der Waals surface area (Å²) in [6.07, 6.45) is 2.12. The van der Waals surface area contributed by atoms with Crippen LogP contribution in [-0.4, -0.2) is 54.5 Å². The summed E-state index contributed by atoms with van der Waals surface area (Å²) in [6.45, 7) is 11.5. The highest BCUT2D eigenvalue weighted by molar-refractivity contribution is 5.82. The van der Waals surface area contributed by atoms with Crippen LogP contribution in [0.4, 0.5) is 0 Å². The Hall–Kier alpha value is -0.610. The van der Waals surface area contributed by atoms with Crippen LogP contribution in [0.5, 0.6) is 0 Å². The fourth-order valence-electron chi connectivity index (χ4n) is 2.39. The van der Waals surface area contributed by atoms with Crippen molar-refractivity contribution in [2.75, 3.05) is 26.7 Å². The van der Waals surface area contributed by atoms with Crippen LogP contribution < -0.4 is 5.73 Å². The van der Waals surface area contributed by atoms with Gasteiger partial charge in [0.05, 0.1) is 6.04 Å². The number of carbonyl (C=O) groups is 1.